The van der Waals surface area contributed by atoms with Crippen LogP contribution in [-0.4, -0.2) is 38.3 Å². The predicted molar refractivity (Wildman–Crippen MR) is 113 cm³/mol. The zero-order chi connectivity index (χ0) is 22.5. The number of carbonyl (C=O) groups is 2. The summed E-state index contributed by atoms with van der Waals surface area (Å²) in [6.07, 6.45) is 0. The van der Waals surface area contributed by atoms with Gasteiger partial charge in [-0.25, -0.2) is 17.9 Å². The molecule has 10 heteroatoms. The molecule has 0 fully saturated rings. The number of sulfonamides is 1. The molecule has 2 rings (SSSR count). The molecular formula is C20H24N4O5S. The average Bonchev–Trinajstić information content (AvgIpc) is 2.65. The minimum Gasteiger partial charge on any atom is -0.456 e. The summed E-state index contributed by atoms with van der Waals surface area (Å²) in [6, 6.07) is 11.7. The molecule has 5 N–H and O–H groups in total. The molecule has 2 aromatic carbocycles. The summed E-state index contributed by atoms with van der Waals surface area (Å²) in [5.41, 5.74) is 5.54. The van der Waals surface area contributed by atoms with Crippen molar-refractivity contribution < 1.29 is 22.7 Å². The smallest absolute Gasteiger partial charge is 0.338 e. The van der Waals surface area contributed by atoms with Gasteiger partial charge in [0, 0.05) is 11.3 Å². The largest absolute Gasteiger partial charge is 0.456 e. The van der Waals surface area contributed by atoms with Gasteiger partial charge in [-0.3, -0.25) is 10.2 Å². The Morgan fingerprint density at radius 2 is 1.70 bits per heavy atom. The Morgan fingerprint density at radius 1 is 1.07 bits per heavy atom. The molecule has 0 saturated heterocycles. The van der Waals surface area contributed by atoms with E-state index in [0.717, 1.165) is 0 Å². The van der Waals surface area contributed by atoms with Crippen LogP contribution in [0.4, 0.5) is 5.69 Å². The lowest BCUT2D eigenvalue weighted by atomic mass is 10.1. The fourth-order valence-electron chi connectivity index (χ4n) is 2.34. The number of benzene rings is 2. The lowest BCUT2D eigenvalue weighted by Gasteiger charge is -2.19. The van der Waals surface area contributed by atoms with Gasteiger partial charge in [0.2, 0.25) is 15.9 Å². The van der Waals surface area contributed by atoms with E-state index in [9.17, 15) is 18.0 Å². The third-order valence-electron chi connectivity index (χ3n) is 3.66. The summed E-state index contributed by atoms with van der Waals surface area (Å²) < 4.78 is 32.2. The summed E-state index contributed by atoms with van der Waals surface area (Å²) in [4.78, 5) is 24.2. The number of nitrogen functional groups attached to an aromatic ring is 1. The number of carbonyl (C=O) groups excluding carboxylic acids is 2. The highest BCUT2D eigenvalue weighted by Crippen LogP contribution is 2.16. The number of ether oxygens (including phenoxy) is 1. The van der Waals surface area contributed by atoms with Crippen molar-refractivity contribution in [2.75, 3.05) is 11.9 Å². The van der Waals surface area contributed by atoms with Crippen molar-refractivity contribution in [2.45, 2.75) is 31.3 Å². The van der Waals surface area contributed by atoms with E-state index in [1.165, 1.54) is 30.3 Å². The molecule has 30 heavy (non-hydrogen) atoms. The quantitative estimate of drug-likeness (QED) is 0.298. The van der Waals surface area contributed by atoms with Crippen molar-refractivity contribution in [2.24, 2.45) is 5.73 Å². The molecule has 0 radical (unpaired) electrons. The summed E-state index contributed by atoms with van der Waals surface area (Å²) >= 11 is 0. The number of hydrogen-bond donors (Lipinski definition) is 4. The topological polar surface area (TPSA) is 151 Å². The van der Waals surface area contributed by atoms with Gasteiger partial charge < -0.3 is 15.8 Å². The van der Waals surface area contributed by atoms with Gasteiger partial charge in [0.05, 0.1) is 17.0 Å². The number of amides is 1. The lowest BCUT2D eigenvalue weighted by Crippen LogP contribution is -2.33. The molecule has 2 aromatic rings. The van der Waals surface area contributed by atoms with Crippen LogP contribution in [0.15, 0.2) is 53.4 Å². The fourth-order valence-corrected chi connectivity index (χ4v) is 3.37. The van der Waals surface area contributed by atoms with Crippen molar-refractivity contribution in [1.29, 1.82) is 5.41 Å². The Bertz CT molecular complexity index is 1070. The Balaban J connectivity index is 2.02. The van der Waals surface area contributed by atoms with E-state index in [1.54, 1.807) is 39.0 Å². The summed E-state index contributed by atoms with van der Waals surface area (Å²) in [6.45, 7) is 4.71. The highest BCUT2D eigenvalue weighted by Gasteiger charge is 2.19. The Hall–Kier alpha value is -3.24. The van der Waals surface area contributed by atoms with E-state index in [0.29, 0.717) is 5.69 Å². The van der Waals surface area contributed by atoms with Crippen LogP contribution < -0.4 is 15.8 Å². The molecule has 0 atom stereocenters. The fraction of sp³-hybridized carbons (Fsp3) is 0.250. The summed E-state index contributed by atoms with van der Waals surface area (Å²) in [5.74, 6) is -1.43. The van der Waals surface area contributed by atoms with Crippen LogP contribution in [0, 0.1) is 5.41 Å². The van der Waals surface area contributed by atoms with E-state index < -0.39 is 34.0 Å². The maximum atomic E-state index is 12.4. The molecule has 0 bridgehead atoms. The highest BCUT2D eigenvalue weighted by molar-refractivity contribution is 7.89. The van der Waals surface area contributed by atoms with Gasteiger partial charge in [0.1, 0.15) is 11.4 Å². The predicted octanol–water partition coefficient (Wildman–Crippen LogP) is 1.84. The number of nitrogens with two attached hydrogens (primary N) is 1. The summed E-state index contributed by atoms with van der Waals surface area (Å²) in [7, 11) is -3.98. The van der Waals surface area contributed by atoms with Crippen molar-refractivity contribution in [3.8, 4) is 0 Å². The van der Waals surface area contributed by atoms with Gasteiger partial charge in [-0.1, -0.05) is 18.2 Å². The first-order valence-electron chi connectivity index (χ1n) is 8.95. The Labute approximate surface area is 175 Å². The molecule has 0 aliphatic heterocycles. The van der Waals surface area contributed by atoms with Gasteiger partial charge in [-0.15, -0.1) is 0 Å². The van der Waals surface area contributed by atoms with Crippen LogP contribution >= 0.6 is 0 Å². The maximum absolute atomic E-state index is 12.4. The monoisotopic (exact) mass is 432 g/mol. The van der Waals surface area contributed by atoms with Crippen LogP contribution in [0.1, 0.15) is 36.7 Å². The Morgan fingerprint density at radius 3 is 2.33 bits per heavy atom. The SMILES string of the molecule is CC(C)(C)OC(=O)c1cccc(NC(=O)CNS(=O)(=O)c2cccc(C(=N)N)c2)c1. The van der Waals surface area contributed by atoms with Crippen LogP contribution in [0.2, 0.25) is 0 Å². The second-order valence-corrected chi connectivity index (χ2v) is 9.16. The minimum atomic E-state index is -3.98. The van der Waals surface area contributed by atoms with Crippen LogP contribution in [0.3, 0.4) is 0 Å². The minimum absolute atomic E-state index is 0.116. The van der Waals surface area contributed by atoms with Gasteiger partial charge in [0.15, 0.2) is 0 Å². The number of hydrogen-bond acceptors (Lipinski definition) is 6. The van der Waals surface area contributed by atoms with Gasteiger partial charge in [-0.2, -0.15) is 0 Å². The normalized spacial score (nSPS) is 11.6. The zero-order valence-corrected chi connectivity index (χ0v) is 17.7. The average molecular weight is 433 g/mol. The molecule has 0 unspecified atom stereocenters. The second-order valence-electron chi connectivity index (χ2n) is 7.40. The van der Waals surface area contributed by atoms with Crippen LogP contribution in [0.5, 0.6) is 0 Å². The first kappa shape index (κ1) is 23.0. The van der Waals surface area contributed by atoms with Crippen molar-refractivity contribution >= 4 is 33.4 Å². The van der Waals surface area contributed by atoms with Crippen molar-refractivity contribution in [3.63, 3.8) is 0 Å². The maximum Gasteiger partial charge on any atom is 0.338 e. The first-order valence-corrected chi connectivity index (χ1v) is 10.4. The Kier molecular flexibility index (Phi) is 6.96. The summed E-state index contributed by atoms with van der Waals surface area (Å²) in [5, 5.41) is 9.92. The standard InChI is InChI=1S/C20H24N4O5S/c1-20(2,3)29-19(26)14-7-4-8-15(10-14)24-17(25)12-23-30(27,28)16-9-5-6-13(11-16)18(21)22/h4-11,23H,12H2,1-3H3,(H3,21,22)(H,24,25). The number of rotatable bonds is 7. The van der Waals surface area contributed by atoms with E-state index in [2.05, 4.69) is 10.0 Å². The molecule has 0 aliphatic carbocycles. The van der Waals surface area contributed by atoms with Gasteiger partial charge in [-0.05, 0) is 51.1 Å². The van der Waals surface area contributed by atoms with Gasteiger partial charge in [0.25, 0.3) is 0 Å². The number of esters is 1. The van der Waals surface area contributed by atoms with E-state index in [-0.39, 0.29) is 21.9 Å². The zero-order valence-electron chi connectivity index (χ0n) is 16.9. The number of nitrogens with one attached hydrogen (secondary N) is 3. The molecule has 9 nitrogen and oxygen atoms in total. The highest BCUT2D eigenvalue weighted by atomic mass is 32.2. The molecule has 160 valence electrons. The molecular weight excluding hydrogens is 408 g/mol. The molecule has 0 spiro atoms. The van der Waals surface area contributed by atoms with Crippen LogP contribution in [-0.2, 0) is 19.6 Å². The lowest BCUT2D eigenvalue weighted by molar-refractivity contribution is -0.115. The van der Waals surface area contributed by atoms with E-state index >= 15 is 0 Å². The number of anilines is 1. The number of amidine groups is 1. The van der Waals surface area contributed by atoms with E-state index in [1.807, 2.05) is 0 Å². The van der Waals surface area contributed by atoms with Crippen molar-refractivity contribution in [1.82, 2.24) is 4.72 Å². The molecule has 0 saturated carbocycles. The third-order valence-corrected chi connectivity index (χ3v) is 5.06. The molecule has 0 aliphatic rings. The third kappa shape index (κ3) is 6.68. The van der Waals surface area contributed by atoms with Crippen molar-refractivity contribution in [3.05, 3.63) is 59.7 Å². The molecule has 1 amide bonds. The second kappa shape index (κ2) is 9.06. The van der Waals surface area contributed by atoms with E-state index in [4.69, 9.17) is 15.9 Å². The van der Waals surface area contributed by atoms with Gasteiger partial charge >= 0.3 is 5.97 Å². The first-order chi connectivity index (χ1) is 13.9. The molecule has 0 aromatic heterocycles. The molecule has 0 heterocycles. The van der Waals surface area contributed by atoms with Crippen LogP contribution in [0.25, 0.3) is 0 Å².